The Kier molecular flexibility index (Phi) is 8.35. The van der Waals surface area contributed by atoms with Gasteiger partial charge in [-0.3, -0.25) is 9.82 Å². The van der Waals surface area contributed by atoms with E-state index in [1.807, 2.05) is 32.0 Å². The van der Waals surface area contributed by atoms with Crippen molar-refractivity contribution in [1.82, 2.24) is 10.0 Å². The number of aromatic nitrogens is 1. The molecule has 0 saturated carbocycles. The van der Waals surface area contributed by atoms with E-state index in [-0.39, 0.29) is 21.3 Å². The van der Waals surface area contributed by atoms with Gasteiger partial charge < -0.3 is 4.84 Å². The Morgan fingerprint density at radius 2 is 1.87 bits per heavy atom. The molecule has 1 aliphatic heterocycles. The molecule has 3 aromatic rings. The SMILES string of the molecule is C=C(c1ccc(C2=NOC(c3cc(Cl)cc(Cl)c3)(C(F)(F)F)C2)cc1C)N(Cc1ccccn1)OCCC. The van der Waals surface area contributed by atoms with Gasteiger partial charge in [0.1, 0.15) is 0 Å². The molecular formula is C28H26Cl2F3N3O2. The van der Waals surface area contributed by atoms with Crippen LogP contribution in [0, 0.1) is 6.92 Å². The number of aryl methyl sites for hydroxylation is 1. The molecule has 1 aliphatic rings. The molecule has 0 aliphatic carbocycles. The van der Waals surface area contributed by atoms with Crippen LogP contribution in [0.2, 0.25) is 10.0 Å². The zero-order valence-electron chi connectivity index (χ0n) is 20.9. The van der Waals surface area contributed by atoms with Crippen LogP contribution in [-0.2, 0) is 21.8 Å². The predicted octanol–water partition coefficient (Wildman–Crippen LogP) is 8.09. The molecule has 5 nitrogen and oxygen atoms in total. The minimum atomic E-state index is -4.77. The summed E-state index contributed by atoms with van der Waals surface area (Å²) in [5, 5.41) is 5.69. The van der Waals surface area contributed by atoms with Gasteiger partial charge >= 0.3 is 6.18 Å². The second-order valence-corrected chi connectivity index (χ2v) is 9.83. The number of halogens is 5. The largest absolute Gasteiger partial charge is 0.435 e. The molecule has 200 valence electrons. The molecule has 38 heavy (non-hydrogen) atoms. The molecule has 0 amide bonds. The molecule has 0 bridgehead atoms. The van der Waals surface area contributed by atoms with E-state index in [1.165, 1.54) is 18.2 Å². The van der Waals surface area contributed by atoms with Crippen LogP contribution >= 0.6 is 23.2 Å². The van der Waals surface area contributed by atoms with Gasteiger partial charge in [-0.1, -0.05) is 60.1 Å². The number of hydrogen-bond donors (Lipinski definition) is 0. The summed E-state index contributed by atoms with van der Waals surface area (Å²) in [6.45, 7) is 8.95. The molecule has 0 saturated heterocycles. The number of rotatable bonds is 9. The first-order valence-corrected chi connectivity index (χ1v) is 12.7. The third kappa shape index (κ3) is 5.82. The van der Waals surface area contributed by atoms with Gasteiger partial charge in [-0.15, -0.1) is 0 Å². The van der Waals surface area contributed by atoms with Crippen LogP contribution in [0.5, 0.6) is 0 Å². The first kappa shape index (κ1) is 28.0. The van der Waals surface area contributed by atoms with Gasteiger partial charge in [-0.2, -0.15) is 13.2 Å². The fraction of sp³-hybridized carbons (Fsp3) is 0.286. The maximum atomic E-state index is 14.4. The summed E-state index contributed by atoms with van der Waals surface area (Å²) in [6.07, 6.45) is -2.78. The predicted molar refractivity (Wildman–Crippen MR) is 143 cm³/mol. The van der Waals surface area contributed by atoms with E-state index in [9.17, 15) is 13.2 Å². The number of hydroxylamine groups is 2. The normalized spacial score (nSPS) is 17.2. The van der Waals surface area contributed by atoms with E-state index in [2.05, 4.69) is 16.7 Å². The number of alkyl halides is 3. The molecule has 0 fully saturated rings. The van der Waals surface area contributed by atoms with E-state index >= 15 is 0 Å². The van der Waals surface area contributed by atoms with Crippen molar-refractivity contribution in [3.05, 3.63) is 105 Å². The highest BCUT2D eigenvalue weighted by molar-refractivity contribution is 6.34. The Balaban J connectivity index is 1.60. The topological polar surface area (TPSA) is 47.0 Å². The quantitative estimate of drug-likeness (QED) is 0.247. The van der Waals surface area contributed by atoms with E-state index in [1.54, 1.807) is 29.5 Å². The number of benzene rings is 2. The smallest absolute Gasteiger partial charge is 0.374 e. The lowest BCUT2D eigenvalue weighted by Gasteiger charge is -2.29. The summed E-state index contributed by atoms with van der Waals surface area (Å²) in [5.41, 5.74) is 0.745. The summed E-state index contributed by atoms with van der Waals surface area (Å²) in [5.74, 6) is 0. The lowest BCUT2D eigenvalue weighted by atomic mass is 9.86. The summed E-state index contributed by atoms with van der Waals surface area (Å²) in [4.78, 5) is 15.4. The van der Waals surface area contributed by atoms with Crippen molar-refractivity contribution in [1.29, 1.82) is 0 Å². The minimum Gasteiger partial charge on any atom is -0.374 e. The molecule has 2 heterocycles. The standard InChI is InChI=1S/C28H26Cl2F3N3O2/c1-4-11-37-36(17-24-7-5-6-10-34-24)19(3)25-9-8-20(12-18(25)2)26-16-27(38-35-26,28(31,32)33)21-13-22(29)15-23(30)14-21/h5-10,12-15H,3-4,11,16-17H2,1-2H3. The molecule has 4 rings (SSSR count). The van der Waals surface area contributed by atoms with Crippen molar-refractivity contribution in [2.24, 2.45) is 5.16 Å². The van der Waals surface area contributed by atoms with Gasteiger partial charge in [0.25, 0.3) is 5.60 Å². The lowest BCUT2D eigenvalue weighted by molar-refractivity contribution is -0.275. The van der Waals surface area contributed by atoms with E-state index in [4.69, 9.17) is 32.9 Å². The average Bonchev–Trinajstić information content (AvgIpc) is 3.33. The number of oxime groups is 1. The van der Waals surface area contributed by atoms with Crippen molar-refractivity contribution < 1.29 is 22.8 Å². The van der Waals surface area contributed by atoms with Crippen molar-refractivity contribution in [2.45, 2.75) is 45.0 Å². The van der Waals surface area contributed by atoms with Gasteiger partial charge in [-0.05, 0) is 60.9 Å². The second kappa shape index (κ2) is 11.4. The number of pyridine rings is 1. The van der Waals surface area contributed by atoms with Crippen LogP contribution in [0.3, 0.4) is 0 Å². The number of hydrogen-bond acceptors (Lipinski definition) is 5. The van der Waals surface area contributed by atoms with Crippen LogP contribution < -0.4 is 0 Å². The van der Waals surface area contributed by atoms with E-state index in [0.717, 1.165) is 23.2 Å². The van der Waals surface area contributed by atoms with Crippen LogP contribution in [0.25, 0.3) is 5.70 Å². The highest BCUT2D eigenvalue weighted by atomic mass is 35.5. The Morgan fingerprint density at radius 3 is 2.47 bits per heavy atom. The molecular weight excluding hydrogens is 538 g/mol. The van der Waals surface area contributed by atoms with Gasteiger partial charge in [0, 0.05) is 33.8 Å². The molecule has 1 unspecified atom stereocenters. The summed E-state index contributed by atoms with van der Waals surface area (Å²) in [7, 11) is 0. The van der Waals surface area contributed by atoms with Crippen LogP contribution in [0.15, 0.2) is 72.5 Å². The van der Waals surface area contributed by atoms with Crippen molar-refractivity contribution >= 4 is 34.6 Å². The van der Waals surface area contributed by atoms with E-state index in [0.29, 0.717) is 24.4 Å². The van der Waals surface area contributed by atoms with Gasteiger partial charge in [0.2, 0.25) is 0 Å². The molecule has 0 spiro atoms. The fourth-order valence-electron chi connectivity index (χ4n) is 4.21. The van der Waals surface area contributed by atoms with E-state index < -0.39 is 18.2 Å². The maximum Gasteiger partial charge on any atom is 0.435 e. The monoisotopic (exact) mass is 563 g/mol. The Morgan fingerprint density at radius 1 is 1.13 bits per heavy atom. The fourth-order valence-corrected chi connectivity index (χ4v) is 4.73. The van der Waals surface area contributed by atoms with Crippen LogP contribution in [0.1, 0.15) is 47.7 Å². The first-order valence-electron chi connectivity index (χ1n) is 11.9. The zero-order valence-corrected chi connectivity index (χ0v) is 22.4. The van der Waals surface area contributed by atoms with Gasteiger partial charge in [0.05, 0.1) is 30.3 Å². The van der Waals surface area contributed by atoms with Crippen molar-refractivity contribution in [3.8, 4) is 0 Å². The third-order valence-corrected chi connectivity index (χ3v) is 6.61. The second-order valence-electron chi connectivity index (χ2n) is 8.96. The Hall–Kier alpha value is -3.07. The first-order chi connectivity index (χ1) is 18.0. The Bertz CT molecular complexity index is 1330. The lowest BCUT2D eigenvalue weighted by Crippen LogP contribution is -2.42. The molecule has 10 heteroatoms. The molecule has 2 aromatic carbocycles. The maximum absolute atomic E-state index is 14.4. The third-order valence-electron chi connectivity index (χ3n) is 6.17. The summed E-state index contributed by atoms with van der Waals surface area (Å²) in [6, 6.07) is 14.6. The Labute approximate surface area is 229 Å². The zero-order chi connectivity index (χ0) is 27.5. The summed E-state index contributed by atoms with van der Waals surface area (Å²) >= 11 is 12.0. The van der Waals surface area contributed by atoms with Crippen molar-refractivity contribution in [3.63, 3.8) is 0 Å². The van der Waals surface area contributed by atoms with Gasteiger partial charge in [-0.25, -0.2) is 5.06 Å². The minimum absolute atomic E-state index is 0.0763. The van der Waals surface area contributed by atoms with Crippen LogP contribution in [-0.4, -0.2) is 28.5 Å². The van der Waals surface area contributed by atoms with Crippen molar-refractivity contribution in [2.75, 3.05) is 6.61 Å². The van der Waals surface area contributed by atoms with Crippen LogP contribution in [0.4, 0.5) is 13.2 Å². The molecule has 1 atom stereocenters. The molecule has 1 aromatic heterocycles. The van der Waals surface area contributed by atoms with Gasteiger partial charge in [0.15, 0.2) is 0 Å². The highest BCUT2D eigenvalue weighted by Gasteiger charge is 2.62. The molecule has 0 N–H and O–H groups in total. The highest BCUT2D eigenvalue weighted by Crippen LogP contribution is 2.49. The average molecular weight is 564 g/mol. The summed E-state index contributed by atoms with van der Waals surface area (Å²) < 4.78 is 43.1. The number of nitrogens with zero attached hydrogens (tertiary/aromatic N) is 3. The molecule has 0 radical (unpaired) electrons.